The van der Waals surface area contributed by atoms with Crippen LogP contribution in [0.2, 0.25) is 0 Å². The summed E-state index contributed by atoms with van der Waals surface area (Å²) >= 11 is 3.24. The Kier molecular flexibility index (Phi) is 6.15. The van der Waals surface area contributed by atoms with Gasteiger partial charge in [0.1, 0.15) is 24.2 Å². The molecule has 9 heteroatoms. The summed E-state index contributed by atoms with van der Waals surface area (Å²) in [7, 11) is 0. The first-order valence-corrected chi connectivity index (χ1v) is 10.9. The SMILES string of the molecule is C[C@@H]1C[C@@H](O)c2ncnc(N3CCN(C(N)C(C=O)c4ccc(Br)cc4F)CC3)c21. The van der Waals surface area contributed by atoms with Crippen molar-refractivity contribution in [2.75, 3.05) is 31.1 Å². The zero-order chi connectivity index (χ0) is 21.4. The Morgan fingerprint density at radius 3 is 2.70 bits per heavy atom. The first-order valence-electron chi connectivity index (χ1n) is 10.1. The van der Waals surface area contributed by atoms with Crippen molar-refractivity contribution in [3.63, 3.8) is 0 Å². The fraction of sp³-hybridized carbons (Fsp3) is 0.476. The minimum absolute atomic E-state index is 0.200. The monoisotopic (exact) mass is 477 g/mol. The highest BCUT2D eigenvalue weighted by molar-refractivity contribution is 9.10. The molecule has 0 radical (unpaired) electrons. The smallest absolute Gasteiger partial charge is 0.135 e. The van der Waals surface area contributed by atoms with Crippen LogP contribution in [0.15, 0.2) is 29.0 Å². The number of aromatic nitrogens is 2. The molecule has 1 aromatic heterocycles. The van der Waals surface area contributed by atoms with Crippen LogP contribution in [0.4, 0.5) is 10.2 Å². The van der Waals surface area contributed by atoms with Gasteiger partial charge in [0, 0.05) is 41.8 Å². The Labute approximate surface area is 183 Å². The molecule has 2 aromatic rings. The summed E-state index contributed by atoms with van der Waals surface area (Å²) in [5.41, 5.74) is 8.44. The van der Waals surface area contributed by atoms with E-state index < -0.39 is 24.0 Å². The molecular weight excluding hydrogens is 453 g/mol. The summed E-state index contributed by atoms with van der Waals surface area (Å²) in [6.45, 7) is 4.68. The van der Waals surface area contributed by atoms with Crippen molar-refractivity contribution < 1.29 is 14.3 Å². The van der Waals surface area contributed by atoms with Gasteiger partial charge >= 0.3 is 0 Å². The van der Waals surface area contributed by atoms with Crippen molar-refractivity contribution in [3.05, 3.63) is 51.6 Å². The molecule has 1 aliphatic carbocycles. The van der Waals surface area contributed by atoms with Crippen molar-refractivity contribution in [2.45, 2.75) is 37.5 Å². The lowest BCUT2D eigenvalue weighted by atomic mass is 9.96. The molecule has 4 rings (SSSR count). The quantitative estimate of drug-likeness (QED) is 0.637. The zero-order valence-corrected chi connectivity index (χ0v) is 18.3. The summed E-state index contributed by atoms with van der Waals surface area (Å²) in [6.07, 6.45) is 1.74. The molecule has 1 aromatic carbocycles. The number of piperazine rings is 1. The Bertz CT molecular complexity index is 938. The van der Waals surface area contributed by atoms with Crippen molar-refractivity contribution in [2.24, 2.45) is 5.73 Å². The Morgan fingerprint density at radius 1 is 1.30 bits per heavy atom. The molecule has 0 bridgehead atoms. The predicted molar refractivity (Wildman–Crippen MR) is 115 cm³/mol. The number of carbonyl (C=O) groups excluding carboxylic acids is 1. The van der Waals surface area contributed by atoms with Crippen LogP contribution >= 0.6 is 15.9 Å². The van der Waals surface area contributed by atoms with E-state index in [4.69, 9.17) is 5.73 Å². The summed E-state index contributed by atoms with van der Waals surface area (Å²) < 4.78 is 15.0. The second kappa shape index (κ2) is 8.66. The third kappa shape index (κ3) is 3.87. The molecule has 1 saturated heterocycles. The van der Waals surface area contributed by atoms with Crippen LogP contribution in [0, 0.1) is 5.82 Å². The standard InChI is InChI=1S/C21H25BrFN5O2/c1-12-8-17(30)19-18(12)21(26-11-25-19)28-6-4-27(5-7-28)20(24)15(10-29)14-3-2-13(22)9-16(14)23/h2-3,9-12,15,17,20,30H,4-8,24H2,1H3/t12-,15?,17-,20?/m1/s1. The van der Waals surface area contributed by atoms with Crippen LogP contribution in [0.3, 0.4) is 0 Å². The number of benzene rings is 1. The van der Waals surface area contributed by atoms with E-state index in [1.807, 2.05) is 4.90 Å². The minimum atomic E-state index is -0.747. The predicted octanol–water partition coefficient (Wildman–Crippen LogP) is 2.31. The lowest BCUT2D eigenvalue weighted by molar-refractivity contribution is -0.110. The number of rotatable bonds is 5. The van der Waals surface area contributed by atoms with Crippen LogP contribution in [-0.2, 0) is 4.79 Å². The molecule has 3 N–H and O–H groups in total. The van der Waals surface area contributed by atoms with Gasteiger partial charge in [0.15, 0.2) is 0 Å². The molecule has 4 atom stereocenters. The number of carbonyl (C=O) groups is 1. The van der Waals surface area contributed by atoms with Crippen molar-refractivity contribution >= 4 is 28.0 Å². The van der Waals surface area contributed by atoms with E-state index in [1.165, 1.54) is 12.4 Å². The van der Waals surface area contributed by atoms with Crippen molar-refractivity contribution in [1.82, 2.24) is 14.9 Å². The molecule has 2 aliphatic rings. The van der Waals surface area contributed by atoms with Gasteiger partial charge in [-0.2, -0.15) is 0 Å². The normalized spacial score (nSPS) is 23.8. The third-order valence-electron chi connectivity index (χ3n) is 6.15. The van der Waals surface area contributed by atoms with Gasteiger partial charge in [-0.25, -0.2) is 14.4 Å². The maximum atomic E-state index is 14.4. The molecule has 1 fully saturated rings. The molecule has 1 aliphatic heterocycles. The van der Waals surface area contributed by atoms with Crippen LogP contribution in [-0.4, -0.2) is 58.6 Å². The molecule has 30 heavy (non-hydrogen) atoms. The van der Waals surface area contributed by atoms with E-state index >= 15 is 0 Å². The number of aliphatic hydroxyl groups excluding tert-OH is 1. The number of hydrogen-bond acceptors (Lipinski definition) is 7. The van der Waals surface area contributed by atoms with E-state index in [9.17, 15) is 14.3 Å². The van der Waals surface area contributed by atoms with Crippen LogP contribution < -0.4 is 10.6 Å². The summed E-state index contributed by atoms with van der Waals surface area (Å²) in [6, 6.07) is 4.66. The minimum Gasteiger partial charge on any atom is -0.387 e. The first kappa shape index (κ1) is 21.3. The maximum Gasteiger partial charge on any atom is 0.135 e. The molecular formula is C21H25BrFN5O2. The van der Waals surface area contributed by atoms with Gasteiger partial charge in [0.25, 0.3) is 0 Å². The molecule has 2 heterocycles. The average molecular weight is 478 g/mol. The van der Waals surface area contributed by atoms with Gasteiger partial charge in [-0.05, 0) is 24.5 Å². The number of aliphatic hydroxyl groups is 1. The first-order chi connectivity index (χ1) is 14.4. The van der Waals surface area contributed by atoms with Crippen molar-refractivity contribution in [1.29, 1.82) is 0 Å². The number of anilines is 1. The highest BCUT2D eigenvalue weighted by Gasteiger charge is 2.35. The van der Waals surface area contributed by atoms with Gasteiger partial charge in [0.05, 0.1) is 23.9 Å². The molecule has 2 unspecified atom stereocenters. The van der Waals surface area contributed by atoms with Crippen LogP contribution in [0.25, 0.3) is 0 Å². The topological polar surface area (TPSA) is 95.6 Å². The average Bonchev–Trinajstić information content (AvgIpc) is 3.04. The summed E-state index contributed by atoms with van der Waals surface area (Å²) in [4.78, 5) is 24.7. The molecule has 0 saturated carbocycles. The van der Waals surface area contributed by atoms with Crippen molar-refractivity contribution in [3.8, 4) is 0 Å². The number of fused-ring (bicyclic) bond motifs is 1. The number of hydrogen-bond donors (Lipinski definition) is 2. The zero-order valence-electron chi connectivity index (χ0n) is 16.7. The Balaban J connectivity index is 1.48. The van der Waals surface area contributed by atoms with Gasteiger partial charge < -0.3 is 20.5 Å². The van der Waals surface area contributed by atoms with E-state index in [1.54, 1.807) is 12.1 Å². The third-order valence-corrected chi connectivity index (χ3v) is 6.64. The lowest BCUT2D eigenvalue weighted by Crippen LogP contribution is -2.56. The van der Waals surface area contributed by atoms with Crippen LogP contribution in [0.5, 0.6) is 0 Å². The number of aldehydes is 1. The Hall–Kier alpha value is -1.94. The largest absolute Gasteiger partial charge is 0.387 e. The van der Waals surface area contributed by atoms with E-state index in [0.29, 0.717) is 42.6 Å². The molecule has 0 spiro atoms. The number of halogens is 2. The summed E-state index contributed by atoms with van der Waals surface area (Å²) in [5.74, 6) is -0.128. The van der Waals surface area contributed by atoms with E-state index in [0.717, 1.165) is 23.4 Å². The second-order valence-corrected chi connectivity index (χ2v) is 8.91. The summed E-state index contributed by atoms with van der Waals surface area (Å²) in [5, 5.41) is 10.2. The second-order valence-electron chi connectivity index (χ2n) is 7.99. The number of nitrogens with zero attached hydrogens (tertiary/aromatic N) is 4. The van der Waals surface area contributed by atoms with Gasteiger partial charge in [0.2, 0.25) is 0 Å². The fourth-order valence-corrected chi connectivity index (χ4v) is 4.86. The highest BCUT2D eigenvalue weighted by atomic mass is 79.9. The Morgan fingerprint density at radius 2 is 2.03 bits per heavy atom. The van der Waals surface area contributed by atoms with E-state index in [-0.39, 0.29) is 5.92 Å². The van der Waals surface area contributed by atoms with Crippen LogP contribution in [0.1, 0.15) is 48.1 Å². The number of nitrogens with two attached hydrogens (primary N) is 1. The van der Waals surface area contributed by atoms with Gasteiger partial charge in [-0.3, -0.25) is 4.90 Å². The molecule has 160 valence electrons. The van der Waals surface area contributed by atoms with Gasteiger partial charge in [-0.15, -0.1) is 0 Å². The van der Waals surface area contributed by atoms with E-state index in [2.05, 4.69) is 37.7 Å². The molecule has 7 nitrogen and oxygen atoms in total. The highest BCUT2D eigenvalue weighted by Crippen LogP contribution is 2.42. The molecule has 0 amide bonds. The van der Waals surface area contributed by atoms with Gasteiger partial charge in [-0.1, -0.05) is 28.9 Å². The lowest BCUT2D eigenvalue weighted by Gasteiger charge is -2.40. The fourth-order valence-electron chi connectivity index (χ4n) is 4.52. The maximum absolute atomic E-state index is 14.4.